The van der Waals surface area contributed by atoms with E-state index in [1.165, 1.54) is 12.1 Å². The van der Waals surface area contributed by atoms with Gasteiger partial charge in [0.05, 0.1) is 11.4 Å². The monoisotopic (exact) mass is 224 g/mol. The van der Waals surface area contributed by atoms with Gasteiger partial charge in [0.25, 0.3) is 5.91 Å². The Morgan fingerprint density at radius 3 is 3.00 bits per heavy atom. The van der Waals surface area contributed by atoms with Crippen molar-refractivity contribution in [2.45, 2.75) is 13.3 Å². The summed E-state index contributed by atoms with van der Waals surface area (Å²) in [5, 5.41) is 0. The molecule has 1 aliphatic heterocycles. The summed E-state index contributed by atoms with van der Waals surface area (Å²) in [6.07, 6.45) is 0.822. The number of amides is 1. The summed E-state index contributed by atoms with van der Waals surface area (Å²) in [6.45, 7) is 2.51. The number of benzene rings is 1. The van der Waals surface area contributed by atoms with Gasteiger partial charge in [-0.3, -0.25) is 4.79 Å². The fourth-order valence-corrected chi connectivity index (χ4v) is 1.71. The van der Waals surface area contributed by atoms with Crippen molar-refractivity contribution in [1.29, 1.82) is 0 Å². The number of nitrogens with zero attached hydrogens (tertiary/aromatic N) is 1. The largest absolute Gasteiger partial charge is 0.481 e. The first kappa shape index (κ1) is 10.7. The molecule has 4 nitrogen and oxygen atoms in total. The molecule has 1 aromatic rings. The molecule has 86 valence electrons. The molecule has 1 aromatic carbocycles. The van der Waals surface area contributed by atoms with Crippen molar-refractivity contribution < 1.29 is 13.9 Å². The van der Waals surface area contributed by atoms with Gasteiger partial charge in [-0.15, -0.1) is 0 Å². The highest BCUT2D eigenvalue weighted by Crippen LogP contribution is 2.35. The van der Waals surface area contributed by atoms with Gasteiger partial charge in [-0.2, -0.15) is 0 Å². The van der Waals surface area contributed by atoms with E-state index in [2.05, 4.69) is 0 Å². The van der Waals surface area contributed by atoms with Crippen molar-refractivity contribution in [3.63, 3.8) is 0 Å². The molecule has 1 amide bonds. The number of rotatable bonds is 2. The molecule has 5 heteroatoms. The van der Waals surface area contributed by atoms with Crippen LogP contribution in [0.5, 0.6) is 5.75 Å². The smallest absolute Gasteiger partial charge is 0.265 e. The lowest BCUT2D eigenvalue weighted by Crippen LogP contribution is -2.39. The van der Waals surface area contributed by atoms with Crippen molar-refractivity contribution in [3.05, 3.63) is 17.9 Å². The van der Waals surface area contributed by atoms with Crippen LogP contribution < -0.4 is 15.4 Å². The Kier molecular flexibility index (Phi) is 2.68. The number of ether oxygens (including phenoxy) is 1. The minimum Gasteiger partial charge on any atom is -0.481 e. The molecule has 0 saturated carbocycles. The highest BCUT2D eigenvalue weighted by atomic mass is 19.1. The highest BCUT2D eigenvalue weighted by Gasteiger charge is 2.25. The van der Waals surface area contributed by atoms with E-state index >= 15 is 0 Å². The summed E-state index contributed by atoms with van der Waals surface area (Å²) >= 11 is 0. The fourth-order valence-electron chi connectivity index (χ4n) is 1.71. The Balaban J connectivity index is 2.46. The summed E-state index contributed by atoms with van der Waals surface area (Å²) in [4.78, 5) is 13.2. The predicted molar refractivity (Wildman–Crippen MR) is 59.0 cm³/mol. The lowest BCUT2D eigenvalue weighted by atomic mass is 10.2. The lowest BCUT2D eigenvalue weighted by Gasteiger charge is -2.29. The first-order valence-corrected chi connectivity index (χ1v) is 5.15. The minimum atomic E-state index is -0.524. The van der Waals surface area contributed by atoms with E-state index in [4.69, 9.17) is 10.5 Å². The molecule has 2 N–H and O–H groups in total. The van der Waals surface area contributed by atoms with Gasteiger partial charge in [0.1, 0.15) is 11.6 Å². The molecule has 16 heavy (non-hydrogen) atoms. The molecule has 0 atom stereocenters. The number of carbonyl (C=O) groups excluding carboxylic acids is 1. The second-order valence-electron chi connectivity index (χ2n) is 3.68. The summed E-state index contributed by atoms with van der Waals surface area (Å²) < 4.78 is 18.4. The van der Waals surface area contributed by atoms with E-state index in [9.17, 15) is 9.18 Å². The van der Waals surface area contributed by atoms with Gasteiger partial charge in [-0.1, -0.05) is 6.92 Å². The highest BCUT2D eigenvalue weighted by molar-refractivity contribution is 5.98. The Labute approximate surface area is 92.8 Å². The van der Waals surface area contributed by atoms with Crippen LogP contribution in [0.1, 0.15) is 13.3 Å². The van der Waals surface area contributed by atoms with E-state index in [0.29, 0.717) is 18.0 Å². The van der Waals surface area contributed by atoms with Crippen LogP contribution in [-0.2, 0) is 4.79 Å². The Morgan fingerprint density at radius 1 is 1.56 bits per heavy atom. The molecule has 1 aliphatic rings. The molecule has 0 aromatic heterocycles. The number of nitrogens with two attached hydrogens (primary N) is 1. The quantitative estimate of drug-likeness (QED) is 0.775. The molecule has 0 unspecified atom stereocenters. The molecular formula is C11H13FN2O2. The lowest BCUT2D eigenvalue weighted by molar-refractivity contribution is -0.121. The van der Waals surface area contributed by atoms with Gasteiger partial charge >= 0.3 is 0 Å². The number of hydrogen-bond acceptors (Lipinski definition) is 3. The zero-order valence-corrected chi connectivity index (χ0v) is 9.00. The van der Waals surface area contributed by atoms with Crippen LogP contribution in [0.2, 0.25) is 0 Å². The average Bonchev–Trinajstić information content (AvgIpc) is 2.25. The Hall–Kier alpha value is -1.78. The molecule has 2 rings (SSSR count). The Bertz CT molecular complexity index is 434. The van der Waals surface area contributed by atoms with Crippen molar-refractivity contribution >= 4 is 17.3 Å². The van der Waals surface area contributed by atoms with Crippen LogP contribution in [0.25, 0.3) is 0 Å². The molecule has 0 bridgehead atoms. The zero-order chi connectivity index (χ0) is 11.7. The van der Waals surface area contributed by atoms with Gasteiger partial charge in [-0.25, -0.2) is 4.39 Å². The van der Waals surface area contributed by atoms with Gasteiger partial charge in [0.2, 0.25) is 0 Å². The van der Waals surface area contributed by atoms with Gasteiger partial charge in [0, 0.05) is 12.6 Å². The molecule has 1 heterocycles. The maximum Gasteiger partial charge on any atom is 0.265 e. The maximum atomic E-state index is 13.2. The van der Waals surface area contributed by atoms with E-state index in [1.54, 1.807) is 4.90 Å². The van der Waals surface area contributed by atoms with Crippen LogP contribution >= 0.6 is 0 Å². The van der Waals surface area contributed by atoms with E-state index in [1.807, 2.05) is 6.92 Å². The third kappa shape index (κ3) is 1.68. The van der Waals surface area contributed by atoms with Gasteiger partial charge < -0.3 is 15.4 Å². The topological polar surface area (TPSA) is 55.6 Å². The van der Waals surface area contributed by atoms with Crippen molar-refractivity contribution in [1.82, 2.24) is 0 Å². The van der Waals surface area contributed by atoms with Crippen molar-refractivity contribution in [3.8, 4) is 5.75 Å². The average molecular weight is 224 g/mol. The molecule has 0 saturated heterocycles. The summed E-state index contributed by atoms with van der Waals surface area (Å²) in [5.74, 6) is -0.273. The SMILES string of the molecule is CCCN1C(=O)COc2cc(F)c(N)cc21. The van der Waals surface area contributed by atoms with Gasteiger partial charge in [-0.05, 0) is 12.5 Å². The van der Waals surface area contributed by atoms with Crippen LogP contribution in [-0.4, -0.2) is 19.1 Å². The maximum absolute atomic E-state index is 13.2. The fraction of sp³-hybridized carbons (Fsp3) is 0.364. The minimum absolute atomic E-state index is 0.0261. The molecule has 0 aliphatic carbocycles. The van der Waals surface area contributed by atoms with E-state index < -0.39 is 5.82 Å². The molecule has 0 spiro atoms. The molecular weight excluding hydrogens is 211 g/mol. The Morgan fingerprint density at radius 2 is 2.31 bits per heavy atom. The zero-order valence-electron chi connectivity index (χ0n) is 9.00. The summed E-state index contributed by atoms with van der Waals surface area (Å²) in [6, 6.07) is 2.66. The number of nitrogen functional groups attached to an aromatic ring is 1. The van der Waals surface area contributed by atoms with Crippen LogP contribution in [0.15, 0.2) is 12.1 Å². The second kappa shape index (κ2) is 4.00. The third-order valence-corrected chi connectivity index (χ3v) is 2.47. The standard InChI is InChI=1S/C11H13FN2O2/c1-2-3-14-9-5-8(13)7(12)4-10(9)16-6-11(14)15/h4-5H,2-3,6,13H2,1H3. The number of halogens is 1. The number of hydrogen-bond donors (Lipinski definition) is 1. The number of fused-ring (bicyclic) bond motifs is 1. The van der Waals surface area contributed by atoms with Crippen LogP contribution in [0.3, 0.4) is 0 Å². The predicted octanol–water partition coefficient (Wildman–Crippen LogP) is 1.54. The first-order valence-electron chi connectivity index (χ1n) is 5.15. The molecule has 0 fully saturated rings. The molecule has 0 radical (unpaired) electrons. The summed E-state index contributed by atoms with van der Waals surface area (Å²) in [5.41, 5.74) is 6.06. The van der Waals surface area contributed by atoms with Crippen molar-refractivity contribution in [2.24, 2.45) is 0 Å². The van der Waals surface area contributed by atoms with Crippen LogP contribution in [0.4, 0.5) is 15.8 Å². The van der Waals surface area contributed by atoms with Crippen molar-refractivity contribution in [2.75, 3.05) is 23.8 Å². The third-order valence-electron chi connectivity index (χ3n) is 2.47. The van der Waals surface area contributed by atoms with Gasteiger partial charge in [0.15, 0.2) is 6.61 Å². The first-order chi connectivity index (χ1) is 7.63. The van der Waals surface area contributed by atoms with E-state index in [-0.39, 0.29) is 18.2 Å². The normalized spacial score (nSPS) is 14.6. The van der Waals surface area contributed by atoms with Crippen LogP contribution in [0, 0.1) is 5.82 Å². The number of anilines is 2. The van der Waals surface area contributed by atoms with E-state index in [0.717, 1.165) is 6.42 Å². The number of carbonyl (C=O) groups is 1. The summed E-state index contributed by atoms with van der Waals surface area (Å²) in [7, 11) is 0. The second-order valence-corrected chi connectivity index (χ2v) is 3.68.